The Labute approximate surface area is 188 Å². The van der Waals surface area contributed by atoms with E-state index in [2.05, 4.69) is 37.3 Å². The molecule has 0 radical (unpaired) electrons. The molecule has 6 rings (SSSR count). The highest BCUT2D eigenvalue weighted by atomic mass is 16.5. The summed E-state index contributed by atoms with van der Waals surface area (Å²) in [4.78, 5) is 14.0. The molecular weight excluding hydrogens is 382 g/mol. The molecule has 3 heteroatoms. The highest BCUT2D eigenvalue weighted by molar-refractivity contribution is 5.86. The van der Waals surface area contributed by atoms with Gasteiger partial charge < -0.3 is 10.5 Å². The first kappa shape index (κ1) is 21.6. The summed E-state index contributed by atoms with van der Waals surface area (Å²) < 4.78 is 6.07. The van der Waals surface area contributed by atoms with Crippen molar-refractivity contribution in [2.75, 3.05) is 19.8 Å². The van der Waals surface area contributed by atoms with Gasteiger partial charge in [-0.2, -0.15) is 0 Å². The second-order valence-corrected chi connectivity index (χ2v) is 11.8. The Morgan fingerprint density at radius 2 is 1.74 bits per heavy atom. The fourth-order valence-electron chi connectivity index (χ4n) is 8.69. The highest BCUT2D eigenvalue weighted by Crippen LogP contribution is 2.70. The molecule has 0 amide bonds. The maximum Gasteiger partial charge on any atom is 0.139 e. The minimum absolute atomic E-state index is 0.114. The third-order valence-corrected chi connectivity index (χ3v) is 9.55. The van der Waals surface area contributed by atoms with E-state index >= 15 is 0 Å². The van der Waals surface area contributed by atoms with Gasteiger partial charge in [0.25, 0.3) is 0 Å². The maximum atomic E-state index is 14.0. The molecule has 0 spiro atoms. The molecule has 5 aliphatic rings. The minimum atomic E-state index is -0.114. The van der Waals surface area contributed by atoms with Crippen molar-refractivity contribution >= 4 is 5.78 Å². The van der Waals surface area contributed by atoms with Crippen molar-refractivity contribution in [1.29, 1.82) is 0 Å². The van der Waals surface area contributed by atoms with Crippen LogP contribution >= 0.6 is 0 Å². The van der Waals surface area contributed by atoms with Gasteiger partial charge >= 0.3 is 0 Å². The predicted molar refractivity (Wildman–Crippen MR) is 125 cm³/mol. The van der Waals surface area contributed by atoms with Crippen molar-refractivity contribution in [2.45, 2.75) is 83.0 Å². The molecule has 1 aromatic carbocycles. The molecule has 0 aromatic heterocycles. The summed E-state index contributed by atoms with van der Waals surface area (Å²) >= 11 is 0. The Kier molecular flexibility index (Phi) is 5.80. The quantitative estimate of drug-likeness (QED) is 0.587. The molecule has 31 heavy (non-hydrogen) atoms. The van der Waals surface area contributed by atoms with Gasteiger partial charge in [0.15, 0.2) is 0 Å². The molecule has 5 aliphatic carbocycles. The van der Waals surface area contributed by atoms with Crippen LogP contribution < -0.4 is 5.73 Å². The van der Waals surface area contributed by atoms with Crippen LogP contribution in [0, 0.1) is 28.6 Å². The van der Waals surface area contributed by atoms with Crippen LogP contribution in [0.1, 0.15) is 83.1 Å². The smallest absolute Gasteiger partial charge is 0.139 e. The number of ketones is 1. The fourth-order valence-corrected chi connectivity index (χ4v) is 8.69. The minimum Gasteiger partial charge on any atom is -0.381 e. The number of ether oxygens (including phenoxy) is 1. The monoisotopic (exact) mass is 423 g/mol. The molecule has 5 fully saturated rings. The fraction of sp³-hybridized carbons (Fsp3) is 0.750. The van der Waals surface area contributed by atoms with Crippen molar-refractivity contribution in [3.8, 4) is 0 Å². The molecule has 0 saturated heterocycles. The Hall–Kier alpha value is -1.19. The Bertz CT molecular complexity index is 785. The zero-order valence-electron chi connectivity index (χ0n) is 19.4. The van der Waals surface area contributed by atoms with Crippen molar-refractivity contribution < 1.29 is 9.53 Å². The van der Waals surface area contributed by atoms with Gasteiger partial charge in [-0.3, -0.25) is 4.79 Å². The summed E-state index contributed by atoms with van der Waals surface area (Å²) in [5.41, 5.74) is 7.62. The predicted octanol–water partition coefficient (Wildman–Crippen LogP) is 5.66. The summed E-state index contributed by atoms with van der Waals surface area (Å²) in [5, 5.41) is 0. The van der Waals surface area contributed by atoms with Crippen molar-refractivity contribution in [2.24, 2.45) is 34.3 Å². The molecule has 0 aliphatic heterocycles. The zero-order chi connectivity index (χ0) is 21.5. The van der Waals surface area contributed by atoms with Crippen LogP contribution in [-0.2, 0) is 14.9 Å². The van der Waals surface area contributed by atoms with Gasteiger partial charge in [-0.05, 0) is 112 Å². The molecule has 170 valence electrons. The van der Waals surface area contributed by atoms with Crippen molar-refractivity contribution in [3.63, 3.8) is 0 Å². The number of hydrogen-bond donors (Lipinski definition) is 1. The van der Waals surface area contributed by atoms with Gasteiger partial charge in [0, 0.05) is 18.4 Å². The summed E-state index contributed by atoms with van der Waals surface area (Å²) in [7, 11) is 0. The number of rotatable bonds is 8. The van der Waals surface area contributed by atoms with Crippen molar-refractivity contribution in [1.82, 2.24) is 0 Å². The first-order valence-corrected chi connectivity index (χ1v) is 12.9. The normalized spacial score (nSPS) is 41.4. The third kappa shape index (κ3) is 3.91. The summed E-state index contributed by atoms with van der Waals surface area (Å²) in [6.45, 7) is 4.53. The SMILES string of the molecule is CCOC[C@]12CC3CC(C(=O)CC4CCC(CN)CC4)(C1)C[C@@](c1ccccc1)(C3)C2. The van der Waals surface area contributed by atoms with Gasteiger partial charge in [0.2, 0.25) is 0 Å². The maximum absolute atomic E-state index is 14.0. The van der Waals surface area contributed by atoms with Crippen LogP contribution in [-0.4, -0.2) is 25.5 Å². The van der Waals surface area contributed by atoms with Crippen LogP contribution in [0.25, 0.3) is 0 Å². The number of carbonyl (C=O) groups is 1. The number of carbonyl (C=O) groups excluding carboxylic acids is 1. The highest BCUT2D eigenvalue weighted by Gasteiger charge is 2.65. The van der Waals surface area contributed by atoms with Crippen LogP contribution in [0.15, 0.2) is 30.3 Å². The average molecular weight is 424 g/mol. The third-order valence-electron chi connectivity index (χ3n) is 9.55. The Balaban J connectivity index is 1.42. The van der Waals surface area contributed by atoms with Crippen molar-refractivity contribution in [3.05, 3.63) is 35.9 Å². The van der Waals surface area contributed by atoms with Crippen LogP contribution in [0.3, 0.4) is 0 Å². The van der Waals surface area contributed by atoms with Gasteiger partial charge in [0.05, 0.1) is 6.61 Å². The largest absolute Gasteiger partial charge is 0.381 e. The molecule has 3 nitrogen and oxygen atoms in total. The number of hydrogen-bond acceptors (Lipinski definition) is 3. The zero-order valence-corrected chi connectivity index (χ0v) is 19.4. The summed E-state index contributed by atoms with van der Waals surface area (Å²) in [5.74, 6) is 2.53. The molecule has 4 bridgehead atoms. The first-order valence-electron chi connectivity index (χ1n) is 12.9. The van der Waals surface area contributed by atoms with Crippen LogP contribution in [0.2, 0.25) is 0 Å². The molecule has 5 saturated carbocycles. The molecule has 2 unspecified atom stereocenters. The lowest BCUT2D eigenvalue weighted by molar-refractivity contribution is -0.171. The van der Waals surface area contributed by atoms with E-state index in [-0.39, 0.29) is 16.2 Å². The van der Waals surface area contributed by atoms with E-state index < -0.39 is 0 Å². The Morgan fingerprint density at radius 3 is 2.45 bits per heavy atom. The second-order valence-electron chi connectivity index (χ2n) is 11.8. The standard InChI is InChI=1S/C28H41NO2/c1-2-31-20-26-13-23-14-27(17-26,24-6-4-3-5-7-24)19-28(15-23,18-26)25(30)12-21-8-10-22(16-29)11-9-21/h3-7,21-23H,2,8-20,29H2,1H3/t21?,22?,23?,26-,27+,28?/m0/s1. The lowest BCUT2D eigenvalue weighted by atomic mass is 9.37. The van der Waals surface area contributed by atoms with Gasteiger partial charge in [0.1, 0.15) is 5.78 Å². The number of Topliss-reactive ketones (excluding diaryl/α,β-unsaturated/α-hetero) is 1. The second kappa shape index (κ2) is 8.30. The topological polar surface area (TPSA) is 52.3 Å². The van der Waals surface area contributed by atoms with E-state index in [4.69, 9.17) is 10.5 Å². The number of benzene rings is 1. The molecule has 4 atom stereocenters. The number of nitrogens with two attached hydrogens (primary N) is 1. The van der Waals surface area contributed by atoms with E-state index in [1.165, 1.54) is 50.5 Å². The van der Waals surface area contributed by atoms with E-state index in [9.17, 15) is 4.79 Å². The summed E-state index contributed by atoms with van der Waals surface area (Å²) in [6, 6.07) is 11.2. The average Bonchev–Trinajstić information content (AvgIpc) is 2.78. The van der Waals surface area contributed by atoms with Crippen LogP contribution in [0.5, 0.6) is 0 Å². The van der Waals surface area contributed by atoms with Crippen LogP contribution in [0.4, 0.5) is 0 Å². The van der Waals surface area contributed by atoms with Gasteiger partial charge in [-0.1, -0.05) is 30.3 Å². The molecule has 2 N–H and O–H groups in total. The Morgan fingerprint density at radius 1 is 1.00 bits per heavy atom. The van der Waals surface area contributed by atoms with E-state index in [1.54, 1.807) is 0 Å². The van der Waals surface area contributed by atoms with Gasteiger partial charge in [-0.15, -0.1) is 0 Å². The van der Waals surface area contributed by atoms with E-state index in [0.717, 1.165) is 45.4 Å². The first-order chi connectivity index (χ1) is 15.0. The lowest BCUT2D eigenvalue weighted by Gasteiger charge is -2.66. The van der Waals surface area contributed by atoms with E-state index in [0.29, 0.717) is 23.5 Å². The van der Waals surface area contributed by atoms with E-state index in [1.807, 2.05) is 0 Å². The van der Waals surface area contributed by atoms with Gasteiger partial charge in [-0.25, -0.2) is 0 Å². The molecule has 1 aromatic rings. The molecule has 0 heterocycles. The lowest BCUT2D eigenvalue weighted by Crippen LogP contribution is -2.62. The summed E-state index contributed by atoms with van der Waals surface area (Å²) in [6.07, 6.45) is 12.6. The molecular formula is C28H41NO2.